The molecule has 1 saturated heterocycles. The molecular formula is C13H14O4. The molecule has 0 aromatic heterocycles. The molecule has 0 saturated carbocycles. The van der Waals surface area contributed by atoms with Crippen LogP contribution in [0.2, 0.25) is 0 Å². The molecule has 1 aromatic carbocycles. The van der Waals surface area contributed by atoms with Gasteiger partial charge in [-0.05, 0) is 30.2 Å². The average molecular weight is 234 g/mol. The van der Waals surface area contributed by atoms with Crippen molar-refractivity contribution >= 4 is 5.97 Å². The summed E-state index contributed by atoms with van der Waals surface area (Å²) in [7, 11) is 1.64. The van der Waals surface area contributed by atoms with Crippen LogP contribution in [-0.4, -0.2) is 25.0 Å². The van der Waals surface area contributed by atoms with Crippen molar-refractivity contribution in [1.29, 1.82) is 0 Å². The van der Waals surface area contributed by atoms with Crippen molar-refractivity contribution in [3.05, 3.63) is 29.3 Å². The van der Waals surface area contributed by atoms with Crippen molar-refractivity contribution in [2.24, 2.45) is 0 Å². The first-order valence-electron chi connectivity index (χ1n) is 5.65. The monoisotopic (exact) mass is 234 g/mol. The lowest BCUT2D eigenvalue weighted by Gasteiger charge is -2.18. The molecule has 17 heavy (non-hydrogen) atoms. The highest BCUT2D eigenvalue weighted by Crippen LogP contribution is 2.36. The summed E-state index contributed by atoms with van der Waals surface area (Å²) in [6.45, 7) is 1.78. The van der Waals surface area contributed by atoms with Crippen molar-refractivity contribution in [3.8, 4) is 5.75 Å². The molecule has 2 heterocycles. The second-order valence-corrected chi connectivity index (χ2v) is 4.70. The Morgan fingerprint density at radius 1 is 1.41 bits per heavy atom. The van der Waals surface area contributed by atoms with Crippen molar-refractivity contribution in [1.82, 2.24) is 0 Å². The molecule has 2 bridgehead atoms. The van der Waals surface area contributed by atoms with Gasteiger partial charge in [-0.3, -0.25) is 0 Å². The van der Waals surface area contributed by atoms with Crippen LogP contribution >= 0.6 is 0 Å². The molecule has 3 rings (SSSR count). The van der Waals surface area contributed by atoms with Crippen LogP contribution < -0.4 is 4.74 Å². The van der Waals surface area contributed by atoms with E-state index in [2.05, 4.69) is 0 Å². The first kappa shape index (κ1) is 10.6. The van der Waals surface area contributed by atoms with Crippen LogP contribution in [0, 0.1) is 0 Å². The van der Waals surface area contributed by atoms with Gasteiger partial charge in [-0.15, -0.1) is 0 Å². The topological polar surface area (TPSA) is 44.8 Å². The van der Waals surface area contributed by atoms with E-state index in [1.54, 1.807) is 14.0 Å². The Bertz CT molecular complexity index is 482. The van der Waals surface area contributed by atoms with Gasteiger partial charge in [-0.1, -0.05) is 6.07 Å². The minimum Gasteiger partial charge on any atom is -0.497 e. The molecule has 4 heteroatoms. The number of rotatable bonds is 1. The number of hydrogen-bond acceptors (Lipinski definition) is 4. The van der Waals surface area contributed by atoms with Crippen molar-refractivity contribution in [2.75, 3.05) is 7.11 Å². The molecule has 0 amide bonds. The lowest BCUT2D eigenvalue weighted by Crippen LogP contribution is -2.34. The van der Waals surface area contributed by atoms with Crippen LogP contribution in [0.5, 0.6) is 5.75 Å². The van der Waals surface area contributed by atoms with Crippen molar-refractivity contribution in [2.45, 2.75) is 31.7 Å². The van der Waals surface area contributed by atoms with Crippen LogP contribution in [-0.2, 0) is 27.1 Å². The zero-order chi connectivity index (χ0) is 12.0. The Kier molecular flexibility index (Phi) is 2.16. The first-order chi connectivity index (χ1) is 8.10. The minimum absolute atomic E-state index is 0.268. The second-order valence-electron chi connectivity index (χ2n) is 4.70. The van der Waals surface area contributed by atoms with E-state index < -0.39 is 11.9 Å². The van der Waals surface area contributed by atoms with E-state index >= 15 is 0 Å². The van der Waals surface area contributed by atoms with E-state index in [-0.39, 0.29) is 5.97 Å². The van der Waals surface area contributed by atoms with Crippen LogP contribution in [0.1, 0.15) is 18.1 Å². The van der Waals surface area contributed by atoms with Gasteiger partial charge in [0.1, 0.15) is 5.75 Å². The molecule has 0 aliphatic carbocycles. The lowest BCUT2D eigenvalue weighted by molar-refractivity contribution is -0.145. The zero-order valence-corrected chi connectivity index (χ0v) is 9.86. The average Bonchev–Trinajstić information content (AvgIpc) is 2.48. The summed E-state index contributed by atoms with van der Waals surface area (Å²) in [6, 6.07) is 5.90. The number of ether oxygens (including phenoxy) is 3. The molecule has 90 valence electrons. The predicted octanol–water partition coefficient (Wildman–Crippen LogP) is 1.45. The highest BCUT2D eigenvalue weighted by molar-refractivity contribution is 5.81. The van der Waals surface area contributed by atoms with E-state index in [1.807, 2.05) is 18.2 Å². The SMILES string of the molecule is COc1ccc2c(c1)CC1(C)OC(C2)OC1=O. The van der Waals surface area contributed by atoms with E-state index in [4.69, 9.17) is 14.2 Å². The molecule has 1 aromatic rings. The smallest absolute Gasteiger partial charge is 0.340 e. The molecule has 2 aliphatic heterocycles. The maximum absolute atomic E-state index is 11.7. The second kappa shape index (κ2) is 3.47. The highest BCUT2D eigenvalue weighted by Gasteiger charge is 2.48. The van der Waals surface area contributed by atoms with E-state index in [0.29, 0.717) is 12.8 Å². The van der Waals surface area contributed by atoms with Crippen LogP contribution in [0.3, 0.4) is 0 Å². The molecule has 2 atom stereocenters. The first-order valence-corrected chi connectivity index (χ1v) is 5.65. The van der Waals surface area contributed by atoms with Gasteiger partial charge in [0.2, 0.25) is 6.29 Å². The van der Waals surface area contributed by atoms with E-state index in [9.17, 15) is 4.79 Å². The zero-order valence-electron chi connectivity index (χ0n) is 9.86. The molecule has 2 unspecified atom stereocenters. The fraction of sp³-hybridized carbons (Fsp3) is 0.462. The Hall–Kier alpha value is -1.55. The van der Waals surface area contributed by atoms with Gasteiger partial charge in [0.05, 0.1) is 7.11 Å². The number of carbonyl (C=O) groups excluding carboxylic acids is 1. The fourth-order valence-electron chi connectivity index (χ4n) is 2.44. The summed E-state index contributed by atoms with van der Waals surface area (Å²) in [5.41, 5.74) is 1.42. The van der Waals surface area contributed by atoms with Gasteiger partial charge >= 0.3 is 5.97 Å². The van der Waals surface area contributed by atoms with Gasteiger partial charge in [-0.2, -0.15) is 0 Å². The summed E-state index contributed by atoms with van der Waals surface area (Å²) < 4.78 is 16.1. The van der Waals surface area contributed by atoms with Gasteiger partial charge in [0.15, 0.2) is 5.60 Å². The number of esters is 1. The lowest BCUT2D eigenvalue weighted by atomic mass is 9.92. The number of methoxy groups -OCH3 is 1. The largest absolute Gasteiger partial charge is 0.497 e. The summed E-state index contributed by atoms with van der Waals surface area (Å²) >= 11 is 0. The quantitative estimate of drug-likeness (QED) is 0.690. The van der Waals surface area contributed by atoms with Crippen LogP contribution in [0.15, 0.2) is 18.2 Å². The van der Waals surface area contributed by atoms with Gasteiger partial charge < -0.3 is 14.2 Å². The molecule has 1 fully saturated rings. The fourth-order valence-corrected chi connectivity index (χ4v) is 2.44. The highest BCUT2D eigenvalue weighted by atomic mass is 16.8. The Morgan fingerprint density at radius 2 is 2.24 bits per heavy atom. The molecular weight excluding hydrogens is 220 g/mol. The van der Waals surface area contributed by atoms with E-state index in [1.165, 1.54) is 0 Å². The Labute approximate surface area is 99.5 Å². The Morgan fingerprint density at radius 3 is 3.00 bits per heavy atom. The summed E-state index contributed by atoms with van der Waals surface area (Å²) in [5.74, 6) is 0.537. The maximum atomic E-state index is 11.7. The Balaban J connectivity index is 2.05. The maximum Gasteiger partial charge on any atom is 0.340 e. The van der Waals surface area contributed by atoms with Gasteiger partial charge in [-0.25, -0.2) is 4.79 Å². The molecule has 2 aliphatic rings. The van der Waals surface area contributed by atoms with Gasteiger partial charge in [0.25, 0.3) is 0 Å². The van der Waals surface area contributed by atoms with Crippen LogP contribution in [0.4, 0.5) is 0 Å². The number of benzene rings is 1. The number of fused-ring (bicyclic) bond motifs is 3. The normalized spacial score (nSPS) is 30.5. The third-order valence-electron chi connectivity index (χ3n) is 3.39. The standard InChI is InChI=1S/C13H14O4/c1-13-7-9-5-10(15-2)4-3-8(9)6-11(17-13)16-12(13)14/h3-5,11H,6-7H2,1-2H3. The van der Waals surface area contributed by atoms with Crippen molar-refractivity contribution < 1.29 is 19.0 Å². The molecule has 0 spiro atoms. The predicted molar refractivity (Wildman–Crippen MR) is 59.8 cm³/mol. The number of hydrogen-bond donors (Lipinski definition) is 0. The summed E-state index contributed by atoms with van der Waals surface area (Å²) in [4.78, 5) is 11.7. The van der Waals surface area contributed by atoms with Crippen LogP contribution in [0.25, 0.3) is 0 Å². The third kappa shape index (κ3) is 1.60. The molecule has 0 N–H and O–H groups in total. The number of carbonyl (C=O) groups is 1. The minimum atomic E-state index is -0.845. The third-order valence-corrected chi connectivity index (χ3v) is 3.39. The van der Waals surface area contributed by atoms with Gasteiger partial charge in [0, 0.05) is 12.8 Å². The van der Waals surface area contributed by atoms with Crippen molar-refractivity contribution in [3.63, 3.8) is 0 Å². The summed E-state index contributed by atoms with van der Waals surface area (Å²) in [5, 5.41) is 0. The van der Waals surface area contributed by atoms with E-state index in [0.717, 1.165) is 16.9 Å². The summed E-state index contributed by atoms with van der Waals surface area (Å²) in [6.07, 6.45) is 0.706. The molecule has 4 nitrogen and oxygen atoms in total. The molecule has 0 radical (unpaired) electrons.